The average molecular weight is 246 g/mol. The summed E-state index contributed by atoms with van der Waals surface area (Å²) in [6.07, 6.45) is -0.362. The number of alkyl halides is 3. The van der Waals surface area contributed by atoms with Gasteiger partial charge in [0, 0.05) is 18.5 Å². The van der Waals surface area contributed by atoms with Crippen molar-refractivity contribution in [2.45, 2.75) is 6.18 Å². The first kappa shape index (κ1) is 10.8. The molecule has 84 valence electrons. The predicted octanol–water partition coefficient (Wildman–Crippen LogP) is 2.34. The van der Waals surface area contributed by atoms with Gasteiger partial charge in [0.2, 0.25) is 0 Å². The molecule has 0 saturated carbocycles. The third-order valence-corrected chi connectivity index (χ3v) is 2.10. The van der Waals surface area contributed by atoms with Crippen molar-refractivity contribution in [3.63, 3.8) is 0 Å². The molecule has 0 bridgehead atoms. The molecule has 4 nitrogen and oxygen atoms in total. The Morgan fingerprint density at radius 3 is 2.56 bits per heavy atom. The maximum Gasteiger partial charge on any atom is 0.432 e. The van der Waals surface area contributed by atoms with Crippen LogP contribution in [0.3, 0.4) is 0 Å². The average Bonchev–Trinajstić information content (AvgIpc) is 2.61. The summed E-state index contributed by atoms with van der Waals surface area (Å²) in [6.45, 7) is 0. The largest absolute Gasteiger partial charge is 0.432 e. The molecule has 0 aliphatic heterocycles. The Labute approximate surface area is 92.8 Å². The minimum Gasteiger partial charge on any atom is -0.287 e. The third kappa shape index (κ3) is 1.96. The molecule has 0 aliphatic carbocycles. The molecule has 2 rings (SSSR count). The van der Waals surface area contributed by atoms with E-state index in [0.717, 1.165) is 10.7 Å². The van der Waals surface area contributed by atoms with Crippen molar-refractivity contribution in [2.24, 2.45) is 0 Å². The first-order chi connectivity index (χ1) is 7.48. The van der Waals surface area contributed by atoms with Gasteiger partial charge < -0.3 is 0 Å². The van der Waals surface area contributed by atoms with E-state index in [9.17, 15) is 13.2 Å². The molecule has 1 N–H and O–H groups in total. The normalized spacial score (nSPS) is 11.7. The van der Waals surface area contributed by atoms with Crippen molar-refractivity contribution in [3.05, 3.63) is 35.0 Å². The lowest BCUT2D eigenvalue weighted by Gasteiger charge is -2.03. The second-order valence-corrected chi connectivity index (χ2v) is 3.32. The molecular formula is C8H5F3N4S. The van der Waals surface area contributed by atoms with Gasteiger partial charge in [-0.25, -0.2) is 9.67 Å². The number of hydrogen-bond acceptors (Lipinski definition) is 3. The van der Waals surface area contributed by atoms with Crippen molar-refractivity contribution in [2.75, 3.05) is 0 Å². The van der Waals surface area contributed by atoms with Gasteiger partial charge in [-0.2, -0.15) is 13.2 Å². The van der Waals surface area contributed by atoms with E-state index >= 15 is 0 Å². The van der Waals surface area contributed by atoms with Gasteiger partial charge in [0.1, 0.15) is 10.3 Å². The molecule has 0 atom stereocenters. The maximum absolute atomic E-state index is 12.4. The molecule has 8 heteroatoms. The summed E-state index contributed by atoms with van der Waals surface area (Å²) in [7, 11) is 0. The van der Waals surface area contributed by atoms with Crippen LogP contribution in [0.5, 0.6) is 0 Å². The fourth-order valence-corrected chi connectivity index (χ4v) is 1.37. The van der Waals surface area contributed by atoms with E-state index in [0.29, 0.717) is 0 Å². The summed E-state index contributed by atoms with van der Waals surface area (Å²) in [6, 6.07) is 0.837. The van der Waals surface area contributed by atoms with Crippen LogP contribution in [0.4, 0.5) is 13.2 Å². The van der Waals surface area contributed by atoms with Crippen molar-refractivity contribution in [3.8, 4) is 5.82 Å². The summed E-state index contributed by atoms with van der Waals surface area (Å²) in [5.41, 5.74) is -0.914. The number of aromatic nitrogens is 4. The van der Waals surface area contributed by atoms with Crippen molar-refractivity contribution < 1.29 is 13.2 Å². The van der Waals surface area contributed by atoms with Gasteiger partial charge >= 0.3 is 6.18 Å². The topological polar surface area (TPSA) is 46.5 Å². The van der Waals surface area contributed by atoms with E-state index in [-0.39, 0.29) is 10.5 Å². The van der Waals surface area contributed by atoms with E-state index in [4.69, 9.17) is 12.2 Å². The lowest BCUT2D eigenvalue weighted by molar-refractivity contribution is -0.141. The highest BCUT2D eigenvalue weighted by Crippen LogP contribution is 2.28. The van der Waals surface area contributed by atoms with Crippen molar-refractivity contribution >= 4 is 12.2 Å². The zero-order chi connectivity index (χ0) is 11.8. The van der Waals surface area contributed by atoms with Gasteiger partial charge in [0.05, 0.1) is 6.20 Å². The molecule has 16 heavy (non-hydrogen) atoms. The number of rotatable bonds is 1. The number of H-pyrrole nitrogens is 1. The Balaban J connectivity index is 2.53. The monoisotopic (exact) mass is 246 g/mol. The van der Waals surface area contributed by atoms with Gasteiger partial charge in [-0.15, -0.1) is 0 Å². The summed E-state index contributed by atoms with van der Waals surface area (Å²) >= 11 is 4.79. The molecule has 2 aromatic rings. The van der Waals surface area contributed by atoms with Crippen LogP contribution in [0.15, 0.2) is 24.7 Å². The van der Waals surface area contributed by atoms with Crippen LogP contribution in [0, 0.1) is 4.64 Å². The minimum absolute atomic E-state index is 0.00664. The van der Waals surface area contributed by atoms with Crippen LogP contribution in [-0.4, -0.2) is 19.7 Å². The molecule has 0 fully saturated rings. The first-order valence-electron chi connectivity index (χ1n) is 4.14. The zero-order valence-electron chi connectivity index (χ0n) is 7.69. The van der Waals surface area contributed by atoms with Crippen molar-refractivity contribution in [1.82, 2.24) is 19.7 Å². The Bertz CT molecular complexity index is 542. The number of nitrogens with one attached hydrogen (secondary N) is 1. The Hall–Kier alpha value is -1.70. The number of halogens is 3. The Morgan fingerprint density at radius 1 is 1.31 bits per heavy atom. The van der Waals surface area contributed by atoms with E-state index < -0.39 is 11.9 Å². The van der Waals surface area contributed by atoms with Crippen LogP contribution in [0.2, 0.25) is 0 Å². The van der Waals surface area contributed by atoms with E-state index in [2.05, 4.69) is 15.1 Å². The zero-order valence-corrected chi connectivity index (χ0v) is 8.51. The van der Waals surface area contributed by atoms with Gasteiger partial charge in [0.25, 0.3) is 0 Å². The lowest BCUT2D eigenvalue weighted by Crippen LogP contribution is -2.07. The summed E-state index contributed by atoms with van der Waals surface area (Å²) < 4.78 is 38.2. The van der Waals surface area contributed by atoms with Crippen LogP contribution in [0.1, 0.15) is 5.69 Å². The molecule has 0 saturated heterocycles. The Morgan fingerprint density at radius 2 is 2.06 bits per heavy atom. The lowest BCUT2D eigenvalue weighted by atomic mass is 10.4. The summed E-state index contributed by atoms with van der Waals surface area (Å²) in [5, 5.41) is 2.12. The van der Waals surface area contributed by atoms with Crippen LogP contribution in [-0.2, 0) is 6.18 Å². The number of aromatic amines is 1. The first-order valence-corrected chi connectivity index (χ1v) is 4.55. The molecular weight excluding hydrogens is 241 g/mol. The van der Waals surface area contributed by atoms with E-state index in [1.165, 1.54) is 18.6 Å². The van der Waals surface area contributed by atoms with Crippen molar-refractivity contribution in [1.29, 1.82) is 0 Å². The molecule has 2 heterocycles. The standard InChI is InChI=1S/C8H5F3N4S/c9-8(10,11)5-3-7(16)15(14-5)6-4-12-1-2-13-6/h1-4,14H. The highest BCUT2D eigenvalue weighted by molar-refractivity contribution is 7.71. The van der Waals surface area contributed by atoms with Gasteiger partial charge in [-0.1, -0.05) is 12.2 Å². The van der Waals surface area contributed by atoms with E-state index in [1.54, 1.807) is 0 Å². The highest BCUT2D eigenvalue weighted by Gasteiger charge is 2.33. The van der Waals surface area contributed by atoms with Crippen LogP contribution in [0.25, 0.3) is 5.82 Å². The van der Waals surface area contributed by atoms with Gasteiger partial charge in [0.15, 0.2) is 5.82 Å². The summed E-state index contributed by atoms with van der Waals surface area (Å²) in [4.78, 5) is 7.58. The quantitative estimate of drug-likeness (QED) is 0.785. The third-order valence-electron chi connectivity index (χ3n) is 1.80. The molecule has 0 aliphatic rings. The predicted molar refractivity (Wildman–Crippen MR) is 51.5 cm³/mol. The van der Waals surface area contributed by atoms with Gasteiger partial charge in [-0.3, -0.25) is 10.1 Å². The van der Waals surface area contributed by atoms with Gasteiger partial charge in [-0.05, 0) is 0 Å². The molecule has 0 spiro atoms. The molecule has 2 aromatic heterocycles. The fourth-order valence-electron chi connectivity index (χ4n) is 1.12. The Kier molecular flexibility index (Phi) is 2.50. The van der Waals surface area contributed by atoms with Crippen LogP contribution >= 0.6 is 12.2 Å². The van der Waals surface area contributed by atoms with Crippen LogP contribution < -0.4 is 0 Å². The molecule has 0 radical (unpaired) electrons. The van der Waals surface area contributed by atoms with E-state index in [1.807, 2.05) is 0 Å². The second-order valence-electron chi connectivity index (χ2n) is 2.90. The fraction of sp³-hybridized carbons (Fsp3) is 0.125. The number of nitrogens with zero attached hydrogens (tertiary/aromatic N) is 3. The minimum atomic E-state index is -4.46. The molecule has 0 aromatic carbocycles. The molecule has 0 unspecified atom stereocenters. The molecule has 0 amide bonds. The second kappa shape index (κ2) is 3.71. The SMILES string of the molecule is FC(F)(F)c1cc(=S)n(-c2cnccn2)[nH]1. The highest BCUT2D eigenvalue weighted by atomic mass is 32.1. The number of hydrogen-bond donors (Lipinski definition) is 1. The summed E-state index contributed by atoms with van der Waals surface area (Å²) in [5.74, 6) is 0.211. The maximum atomic E-state index is 12.4. The smallest absolute Gasteiger partial charge is 0.287 e.